The van der Waals surface area contributed by atoms with Crippen molar-refractivity contribution in [3.8, 4) is 0 Å². The molecule has 120 valence electrons. The molecule has 0 bridgehead atoms. The highest BCUT2D eigenvalue weighted by atomic mass is 16.4. The molecular weight excluding hydrogens is 294 g/mol. The van der Waals surface area contributed by atoms with Crippen molar-refractivity contribution >= 4 is 17.5 Å². The number of carboxylic acid groups (broad SMARTS) is 1. The minimum absolute atomic E-state index is 0.0724. The van der Waals surface area contributed by atoms with Crippen molar-refractivity contribution in [1.82, 2.24) is 14.3 Å². The molecule has 2 aliphatic rings. The minimum Gasteiger partial charge on any atom is -0.481 e. The number of hydrogen-bond donors (Lipinski definition) is 1. The van der Waals surface area contributed by atoms with Gasteiger partial charge in [0, 0.05) is 25.5 Å². The van der Waals surface area contributed by atoms with Crippen LogP contribution < -0.4 is 0 Å². The second kappa shape index (κ2) is 4.81. The number of amides is 1. The molecule has 4 rings (SSSR count). The summed E-state index contributed by atoms with van der Waals surface area (Å²) < 4.78 is 1.82. The van der Waals surface area contributed by atoms with Gasteiger partial charge >= 0.3 is 5.97 Å². The van der Waals surface area contributed by atoms with Crippen LogP contribution in [0.4, 0.5) is 0 Å². The van der Waals surface area contributed by atoms with E-state index in [2.05, 4.69) is 4.98 Å². The highest BCUT2D eigenvalue weighted by Gasteiger charge is 2.55. The Bertz CT molecular complexity index is 813. The summed E-state index contributed by atoms with van der Waals surface area (Å²) in [4.78, 5) is 30.6. The average molecular weight is 313 g/mol. The molecule has 0 unspecified atom stereocenters. The molecule has 23 heavy (non-hydrogen) atoms. The first-order valence-corrected chi connectivity index (χ1v) is 7.98. The van der Waals surface area contributed by atoms with Crippen molar-refractivity contribution < 1.29 is 14.7 Å². The lowest BCUT2D eigenvalue weighted by molar-refractivity contribution is -0.149. The quantitative estimate of drug-likeness (QED) is 0.920. The number of carboxylic acids is 1. The van der Waals surface area contributed by atoms with Crippen LogP contribution in [0.25, 0.3) is 5.65 Å². The Balaban J connectivity index is 1.63. The van der Waals surface area contributed by atoms with E-state index in [-0.39, 0.29) is 11.8 Å². The Labute approximate surface area is 133 Å². The van der Waals surface area contributed by atoms with E-state index in [0.29, 0.717) is 25.2 Å². The second-order valence-electron chi connectivity index (χ2n) is 6.83. The molecule has 3 heterocycles. The maximum Gasteiger partial charge on any atom is 0.311 e. The molecule has 2 aromatic rings. The van der Waals surface area contributed by atoms with Gasteiger partial charge in [-0.25, -0.2) is 4.98 Å². The molecule has 1 N–H and O–H groups in total. The topological polar surface area (TPSA) is 74.9 Å². The third kappa shape index (κ3) is 2.04. The second-order valence-corrected chi connectivity index (χ2v) is 6.83. The fraction of sp³-hybridized carbons (Fsp3) is 0.471. The molecule has 0 spiro atoms. The third-order valence-electron chi connectivity index (χ3n) is 5.42. The first-order valence-electron chi connectivity index (χ1n) is 7.98. The lowest BCUT2D eigenvalue weighted by Crippen LogP contribution is -2.37. The van der Waals surface area contributed by atoms with Crippen LogP contribution in [0.1, 0.15) is 35.3 Å². The van der Waals surface area contributed by atoms with Gasteiger partial charge in [-0.2, -0.15) is 0 Å². The van der Waals surface area contributed by atoms with Gasteiger partial charge < -0.3 is 14.4 Å². The van der Waals surface area contributed by atoms with E-state index in [1.165, 1.54) is 0 Å². The number of imidazole rings is 1. The molecule has 0 aromatic carbocycles. The number of rotatable bonds is 2. The Hall–Kier alpha value is -2.37. The monoisotopic (exact) mass is 313 g/mol. The molecule has 6 heteroatoms. The van der Waals surface area contributed by atoms with Gasteiger partial charge in [-0.3, -0.25) is 9.59 Å². The van der Waals surface area contributed by atoms with Crippen LogP contribution in [0.3, 0.4) is 0 Å². The number of aryl methyl sites for hydroxylation is 1. The normalized spacial score (nSPS) is 26.7. The summed E-state index contributed by atoms with van der Waals surface area (Å²) in [5.74, 6) is -0.856. The first kappa shape index (κ1) is 14.2. The summed E-state index contributed by atoms with van der Waals surface area (Å²) in [5, 5.41) is 9.63. The number of hydrogen-bond acceptors (Lipinski definition) is 3. The number of likely N-dealkylation sites (tertiary alicyclic amines) is 1. The van der Waals surface area contributed by atoms with Crippen LogP contribution in [0.15, 0.2) is 24.5 Å². The van der Waals surface area contributed by atoms with Gasteiger partial charge in [-0.15, -0.1) is 0 Å². The van der Waals surface area contributed by atoms with Crippen molar-refractivity contribution in [2.45, 2.75) is 26.2 Å². The average Bonchev–Trinajstić information content (AvgIpc) is 3.17. The van der Waals surface area contributed by atoms with E-state index in [4.69, 9.17) is 0 Å². The van der Waals surface area contributed by atoms with Crippen molar-refractivity contribution in [3.05, 3.63) is 35.8 Å². The summed E-state index contributed by atoms with van der Waals surface area (Å²) in [5.41, 5.74) is 1.46. The predicted molar refractivity (Wildman–Crippen MR) is 83.2 cm³/mol. The summed E-state index contributed by atoms with van der Waals surface area (Å²) in [6.07, 6.45) is 6.10. The van der Waals surface area contributed by atoms with E-state index in [0.717, 1.165) is 24.1 Å². The summed E-state index contributed by atoms with van der Waals surface area (Å²) in [6, 6.07) is 3.89. The van der Waals surface area contributed by atoms with E-state index in [1.807, 2.05) is 29.7 Å². The molecule has 1 saturated carbocycles. The van der Waals surface area contributed by atoms with Crippen LogP contribution in [-0.2, 0) is 4.79 Å². The van der Waals surface area contributed by atoms with Crippen LogP contribution >= 0.6 is 0 Å². The number of fused-ring (bicyclic) bond motifs is 2. The molecule has 2 aromatic heterocycles. The molecule has 6 nitrogen and oxygen atoms in total. The molecule has 1 aliphatic carbocycles. The van der Waals surface area contributed by atoms with Gasteiger partial charge in [0.05, 0.1) is 5.41 Å². The van der Waals surface area contributed by atoms with Crippen LogP contribution in [-0.4, -0.2) is 44.4 Å². The first-order chi connectivity index (χ1) is 11.0. The summed E-state index contributed by atoms with van der Waals surface area (Å²) >= 11 is 0. The fourth-order valence-corrected chi connectivity index (χ4v) is 4.14. The number of aromatic nitrogens is 2. The van der Waals surface area contributed by atoms with E-state index in [1.54, 1.807) is 11.1 Å². The van der Waals surface area contributed by atoms with Crippen LogP contribution in [0.2, 0.25) is 0 Å². The lowest BCUT2D eigenvalue weighted by atomic mass is 9.81. The van der Waals surface area contributed by atoms with E-state index in [9.17, 15) is 14.7 Å². The Morgan fingerprint density at radius 3 is 3.00 bits per heavy atom. The smallest absolute Gasteiger partial charge is 0.311 e. The highest BCUT2D eigenvalue weighted by molar-refractivity contribution is 5.94. The van der Waals surface area contributed by atoms with E-state index < -0.39 is 11.4 Å². The number of nitrogens with zero attached hydrogens (tertiary/aromatic N) is 3. The third-order valence-corrected chi connectivity index (χ3v) is 5.42. The Kier molecular flexibility index (Phi) is 2.98. The standard InChI is InChI=1S/C17H19N3O3/c1-11-4-6-19-9-13(18-14(19)7-11)15(21)20-8-12-3-2-5-17(12,10-20)16(22)23/h4,6-7,9,12H,2-3,5,8,10H2,1H3,(H,22,23)/t12-,17+/m0/s1. The SMILES string of the molecule is Cc1ccn2cc(C(=O)N3C[C@@H]4CCC[C@@]4(C(=O)O)C3)nc2c1. The number of carbonyl (C=O) groups excluding carboxylic acids is 1. The summed E-state index contributed by atoms with van der Waals surface area (Å²) in [6.45, 7) is 2.81. The molecule has 1 amide bonds. The van der Waals surface area contributed by atoms with E-state index >= 15 is 0 Å². The Morgan fingerprint density at radius 2 is 2.26 bits per heavy atom. The maximum atomic E-state index is 12.8. The van der Waals surface area contributed by atoms with Gasteiger partial charge in [-0.1, -0.05) is 6.42 Å². The highest BCUT2D eigenvalue weighted by Crippen LogP contribution is 2.49. The summed E-state index contributed by atoms with van der Waals surface area (Å²) in [7, 11) is 0. The largest absolute Gasteiger partial charge is 0.481 e. The lowest BCUT2D eigenvalue weighted by Gasteiger charge is -2.22. The number of aliphatic carboxylic acids is 1. The van der Waals surface area contributed by atoms with Crippen molar-refractivity contribution in [3.63, 3.8) is 0 Å². The van der Waals surface area contributed by atoms with Crippen molar-refractivity contribution in [2.75, 3.05) is 13.1 Å². The predicted octanol–water partition coefficient (Wildman–Crippen LogP) is 1.97. The van der Waals surface area contributed by atoms with Crippen molar-refractivity contribution in [2.24, 2.45) is 11.3 Å². The molecule has 2 fully saturated rings. The zero-order chi connectivity index (χ0) is 16.2. The number of carbonyl (C=O) groups is 2. The Morgan fingerprint density at radius 1 is 1.43 bits per heavy atom. The molecule has 1 aliphatic heterocycles. The molecule has 1 saturated heterocycles. The molecule has 2 atom stereocenters. The van der Waals surface area contributed by atoms with Crippen LogP contribution in [0.5, 0.6) is 0 Å². The molecular formula is C17H19N3O3. The van der Waals surface area contributed by atoms with Gasteiger partial charge in [0.25, 0.3) is 5.91 Å². The van der Waals surface area contributed by atoms with Crippen molar-refractivity contribution in [1.29, 1.82) is 0 Å². The zero-order valence-electron chi connectivity index (χ0n) is 13.0. The van der Waals surface area contributed by atoms with Gasteiger partial charge in [0.15, 0.2) is 0 Å². The zero-order valence-corrected chi connectivity index (χ0v) is 13.0. The minimum atomic E-state index is -0.763. The maximum absolute atomic E-state index is 12.8. The van der Waals surface area contributed by atoms with Gasteiger partial charge in [-0.05, 0) is 43.4 Å². The molecule has 0 radical (unpaired) electrons. The fourth-order valence-electron chi connectivity index (χ4n) is 4.14. The van der Waals surface area contributed by atoms with Crippen LogP contribution in [0, 0.1) is 18.3 Å². The van der Waals surface area contributed by atoms with Gasteiger partial charge in [0.2, 0.25) is 0 Å². The van der Waals surface area contributed by atoms with Gasteiger partial charge in [0.1, 0.15) is 11.3 Å². The number of pyridine rings is 1.